The molecule has 1 unspecified atom stereocenters. The minimum absolute atomic E-state index is 0.449. The van der Waals surface area contributed by atoms with E-state index in [0.717, 1.165) is 17.8 Å². The minimum Gasteiger partial charge on any atom is -0.371 e. The first-order valence-corrected chi connectivity index (χ1v) is 6.23. The van der Waals surface area contributed by atoms with Gasteiger partial charge in [0.2, 0.25) is 0 Å². The number of benzene rings is 1. The fourth-order valence-corrected chi connectivity index (χ4v) is 2.12. The molecule has 2 rings (SSSR count). The van der Waals surface area contributed by atoms with Crippen molar-refractivity contribution in [3.05, 3.63) is 42.1 Å². The fourth-order valence-electron chi connectivity index (χ4n) is 1.63. The van der Waals surface area contributed by atoms with E-state index in [1.165, 1.54) is 17.1 Å². The van der Waals surface area contributed by atoms with Crippen LogP contribution >= 0.6 is 11.5 Å². The van der Waals surface area contributed by atoms with E-state index in [9.17, 15) is 0 Å². The molecule has 0 spiro atoms. The lowest BCUT2D eigenvalue weighted by atomic mass is 10.0. The maximum absolute atomic E-state index is 3.85. The molecule has 3 nitrogen and oxygen atoms in total. The maximum Gasteiger partial charge on any atom is 0.130 e. The van der Waals surface area contributed by atoms with E-state index in [4.69, 9.17) is 0 Å². The molecular weight excluding hydrogens is 218 g/mol. The molecule has 0 aliphatic heterocycles. The van der Waals surface area contributed by atoms with Crippen molar-refractivity contribution >= 4 is 16.5 Å². The van der Waals surface area contributed by atoms with E-state index in [1.807, 2.05) is 6.07 Å². The summed E-state index contributed by atoms with van der Waals surface area (Å²) in [6.07, 6.45) is 3.90. The average Bonchev–Trinajstić information content (AvgIpc) is 2.82. The number of anilines is 1. The number of aromatic nitrogens is 2. The Hall–Kier alpha value is -1.42. The van der Waals surface area contributed by atoms with Crippen molar-refractivity contribution in [1.82, 2.24) is 9.59 Å². The van der Waals surface area contributed by atoms with Gasteiger partial charge < -0.3 is 5.32 Å². The lowest BCUT2D eigenvalue weighted by molar-refractivity contribution is 0.692. The monoisotopic (exact) mass is 233 g/mol. The van der Waals surface area contributed by atoms with Crippen molar-refractivity contribution in [3.63, 3.8) is 0 Å². The molecule has 0 aliphatic rings. The molecule has 2 aromatic rings. The second kappa shape index (κ2) is 5.61. The van der Waals surface area contributed by atoms with Crippen molar-refractivity contribution in [2.75, 3.05) is 5.32 Å². The summed E-state index contributed by atoms with van der Waals surface area (Å²) < 4.78 is 3.85. The number of nitrogens with one attached hydrogen (secondary N) is 1. The van der Waals surface area contributed by atoms with Crippen LogP contribution in [0.2, 0.25) is 0 Å². The van der Waals surface area contributed by atoms with Crippen molar-refractivity contribution in [2.45, 2.75) is 25.8 Å². The summed E-state index contributed by atoms with van der Waals surface area (Å²) in [4.78, 5) is 0. The molecule has 16 heavy (non-hydrogen) atoms. The largest absolute Gasteiger partial charge is 0.371 e. The quantitative estimate of drug-likeness (QED) is 0.862. The predicted octanol–water partition coefficient (Wildman–Crippen LogP) is 2.97. The molecule has 1 heterocycles. The molecule has 0 saturated carbocycles. The summed E-state index contributed by atoms with van der Waals surface area (Å²) in [7, 11) is 0. The van der Waals surface area contributed by atoms with Crippen LogP contribution in [0.15, 0.2) is 36.5 Å². The topological polar surface area (TPSA) is 37.8 Å². The molecule has 0 amide bonds. The van der Waals surface area contributed by atoms with E-state index in [-0.39, 0.29) is 0 Å². The summed E-state index contributed by atoms with van der Waals surface area (Å²) in [6, 6.07) is 11.0. The van der Waals surface area contributed by atoms with Crippen LogP contribution in [0.1, 0.15) is 18.9 Å². The van der Waals surface area contributed by atoms with Gasteiger partial charge in [0.15, 0.2) is 0 Å². The van der Waals surface area contributed by atoms with Crippen molar-refractivity contribution < 1.29 is 0 Å². The van der Waals surface area contributed by atoms with Crippen LogP contribution < -0.4 is 5.32 Å². The van der Waals surface area contributed by atoms with E-state index < -0.39 is 0 Å². The van der Waals surface area contributed by atoms with Crippen LogP contribution in [0.25, 0.3) is 0 Å². The molecule has 0 fully saturated rings. The van der Waals surface area contributed by atoms with Crippen LogP contribution in [-0.4, -0.2) is 15.6 Å². The first-order chi connectivity index (χ1) is 7.88. The molecule has 1 aromatic carbocycles. The molecule has 84 valence electrons. The van der Waals surface area contributed by atoms with Crippen LogP contribution in [0, 0.1) is 0 Å². The Morgan fingerprint density at radius 1 is 1.31 bits per heavy atom. The number of rotatable bonds is 5. The number of hydrogen-bond acceptors (Lipinski definition) is 4. The van der Waals surface area contributed by atoms with E-state index in [0.29, 0.717) is 6.04 Å². The first kappa shape index (κ1) is 11.1. The minimum atomic E-state index is 0.449. The molecule has 1 aromatic heterocycles. The highest BCUT2D eigenvalue weighted by Crippen LogP contribution is 2.15. The van der Waals surface area contributed by atoms with Gasteiger partial charge in [0.1, 0.15) is 5.00 Å². The number of hydrogen-bond donors (Lipinski definition) is 1. The molecule has 1 N–H and O–H groups in total. The van der Waals surface area contributed by atoms with Crippen LogP contribution in [-0.2, 0) is 6.42 Å². The second-order valence-corrected chi connectivity index (χ2v) is 4.51. The highest BCUT2D eigenvalue weighted by Gasteiger charge is 2.08. The maximum atomic E-state index is 3.85. The molecule has 1 atom stereocenters. The van der Waals surface area contributed by atoms with E-state index >= 15 is 0 Å². The van der Waals surface area contributed by atoms with Gasteiger partial charge in [-0.25, -0.2) is 0 Å². The van der Waals surface area contributed by atoms with Crippen LogP contribution in [0.4, 0.5) is 5.00 Å². The standard InChI is InChI=1S/C12H15N3S/c1-2-11(14-12-9-13-15-16-12)8-10-6-4-3-5-7-10/h3-7,9,11,14H,2,8H2,1H3. The zero-order valence-corrected chi connectivity index (χ0v) is 10.1. The van der Waals surface area contributed by atoms with Crippen molar-refractivity contribution in [2.24, 2.45) is 0 Å². The molecule has 0 aliphatic carbocycles. The molecule has 0 radical (unpaired) electrons. The Kier molecular flexibility index (Phi) is 3.88. The Morgan fingerprint density at radius 3 is 2.75 bits per heavy atom. The SMILES string of the molecule is CCC(Cc1ccccc1)Nc1cnns1. The fraction of sp³-hybridized carbons (Fsp3) is 0.333. The average molecular weight is 233 g/mol. The summed E-state index contributed by atoms with van der Waals surface area (Å²) in [5.41, 5.74) is 1.36. The van der Waals surface area contributed by atoms with Crippen LogP contribution in [0.5, 0.6) is 0 Å². The van der Waals surface area contributed by atoms with E-state index in [2.05, 4.69) is 46.1 Å². The van der Waals surface area contributed by atoms with Gasteiger partial charge in [-0.3, -0.25) is 0 Å². The first-order valence-electron chi connectivity index (χ1n) is 5.46. The van der Waals surface area contributed by atoms with Gasteiger partial charge in [-0.2, -0.15) is 0 Å². The summed E-state index contributed by atoms with van der Waals surface area (Å²) in [5, 5.41) is 8.32. The van der Waals surface area contributed by atoms with Gasteiger partial charge in [0, 0.05) is 17.6 Å². The third-order valence-electron chi connectivity index (χ3n) is 2.53. The lowest BCUT2D eigenvalue weighted by Crippen LogP contribution is -2.20. The van der Waals surface area contributed by atoms with Crippen LogP contribution in [0.3, 0.4) is 0 Å². The van der Waals surface area contributed by atoms with Gasteiger partial charge >= 0.3 is 0 Å². The van der Waals surface area contributed by atoms with Crippen molar-refractivity contribution in [1.29, 1.82) is 0 Å². The second-order valence-electron chi connectivity index (χ2n) is 3.72. The highest BCUT2D eigenvalue weighted by atomic mass is 32.1. The summed E-state index contributed by atoms with van der Waals surface area (Å²) in [5.74, 6) is 0. The smallest absolute Gasteiger partial charge is 0.130 e. The van der Waals surface area contributed by atoms with Gasteiger partial charge in [0.25, 0.3) is 0 Å². The third kappa shape index (κ3) is 3.03. The normalized spacial score (nSPS) is 12.3. The van der Waals surface area contributed by atoms with Gasteiger partial charge in [-0.05, 0) is 18.4 Å². The Bertz CT molecular complexity index is 399. The van der Waals surface area contributed by atoms with Crippen molar-refractivity contribution in [3.8, 4) is 0 Å². The molecule has 0 bridgehead atoms. The van der Waals surface area contributed by atoms with Gasteiger partial charge in [-0.1, -0.05) is 41.7 Å². The Balaban J connectivity index is 1.96. The predicted molar refractivity (Wildman–Crippen MR) is 67.8 cm³/mol. The summed E-state index contributed by atoms with van der Waals surface area (Å²) in [6.45, 7) is 2.19. The lowest BCUT2D eigenvalue weighted by Gasteiger charge is -2.16. The summed E-state index contributed by atoms with van der Waals surface area (Å²) >= 11 is 1.40. The zero-order valence-electron chi connectivity index (χ0n) is 9.26. The highest BCUT2D eigenvalue weighted by molar-refractivity contribution is 7.09. The number of nitrogens with zero attached hydrogens (tertiary/aromatic N) is 2. The molecular formula is C12H15N3S. The zero-order chi connectivity index (χ0) is 11.2. The third-order valence-corrected chi connectivity index (χ3v) is 3.12. The van der Waals surface area contributed by atoms with E-state index in [1.54, 1.807) is 6.20 Å². The Morgan fingerprint density at radius 2 is 2.12 bits per heavy atom. The van der Waals surface area contributed by atoms with Gasteiger partial charge in [0.05, 0.1) is 6.20 Å². The molecule has 4 heteroatoms. The molecule has 0 saturated heterocycles. The Labute approximate surface area is 99.7 Å². The van der Waals surface area contributed by atoms with Gasteiger partial charge in [-0.15, -0.1) is 5.10 Å².